The van der Waals surface area contributed by atoms with Crippen molar-refractivity contribution in [3.05, 3.63) is 62.5 Å². The molecule has 0 saturated carbocycles. The lowest BCUT2D eigenvalue weighted by molar-refractivity contribution is 0.610. The molecule has 0 unspecified atom stereocenters. The minimum Gasteiger partial charge on any atom is -0.378 e. The Bertz CT molecular complexity index is 553. The van der Waals surface area contributed by atoms with Crippen molar-refractivity contribution in [2.45, 2.75) is 6.54 Å². The molecule has 2 aromatic rings. The van der Waals surface area contributed by atoms with E-state index in [2.05, 4.69) is 37.2 Å². The SMILES string of the molecule is Fc1ccc(Br)cc1CNc1c(F)cccc1Br. The highest BCUT2D eigenvalue weighted by molar-refractivity contribution is 9.10. The summed E-state index contributed by atoms with van der Waals surface area (Å²) in [5.74, 6) is -0.696. The second kappa shape index (κ2) is 5.80. The van der Waals surface area contributed by atoms with Gasteiger partial charge in [-0.05, 0) is 46.3 Å². The molecule has 0 atom stereocenters. The summed E-state index contributed by atoms with van der Waals surface area (Å²) < 4.78 is 28.4. The molecule has 0 aliphatic carbocycles. The Labute approximate surface area is 120 Å². The van der Waals surface area contributed by atoms with Crippen molar-refractivity contribution in [2.75, 3.05) is 5.32 Å². The maximum atomic E-state index is 13.5. The lowest BCUT2D eigenvalue weighted by atomic mass is 10.2. The number of halogens is 4. The van der Waals surface area contributed by atoms with Gasteiger partial charge in [0.25, 0.3) is 0 Å². The lowest BCUT2D eigenvalue weighted by Gasteiger charge is -2.10. The van der Waals surface area contributed by atoms with E-state index in [1.807, 2.05) is 0 Å². The van der Waals surface area contributed by atoms with Crippen molar-refractivity contribution < 1.29 is 8.78 Å². The van der Waals surface area contributed by atoms with Gasteiger partial charge in [-0.3, -0.25) is 0 Å². The summed E-state index contributed by atoms with van der Waals surface area (Å²) in [5.41, 5.74) is 0.802. The first-order valence-corrected chi connectivity index (χ1v) is 6.78. The van der Waals surface area contributed by atoms with E-state index in [4.69, 9.17) is 0 Å². The van der Waals surface area contributed by atoms with Gasteiger partial charge in [0.15, 0.2) is 0 Å². The van der Waals surface area contributed by atoms with Crippen LogP contribution >= 0.6 is 31.9 Å². The fraction of sp³-hybridized carbons (Fsp3) is 0.0769. The predicted molar refractivity (Wildman–Crippen MR) is 75.5 cm³/mol. The molecule has 0 aliphatic heterocycles. The summed E-state index contributed by atoms with van der Waals surface area (Å²) >= 11 is 6.52. The number of benzene rings is 2. The van der Waals surface area contributed by atoms with Crippen LogP contribution in [0.2, 0.25) is 0 Å². The molecule has 0 amide bonds. The maximum Gasteiger partial charge on any atom is 0.147 e. The largest absolute Gasteiger partial charge is 0.378 e. The van der Waals surface area contributed by atoms with Gasteiger partial charge in [0.2, 0.25) is 0 Å². The van der Waals surface area contributed by atoms with Gasteiger partial charge in [-0.15, -0.1) is 0 Å². The summed E-state index contributed by atoms with van der Waals surface area (Å²) in [6, 6.07) is 9.34. The Morgan fingerprint density at radius 3 is 2.50 bits per heavy atom. The molecular weight excluding hydrogens is 368 g/mol. The molecule has 18 heavy (non-hydrogen) atoms. The van der Waals surface area contributed by atoms with Crippen LogP contribution in [0.1, 0.15) is 5.56 Å². The van der Waals surface area contributed by atoms with Crippen molar-refractivity contribution in [2.24, 2.45) is 0 Å². The Hall–Kier alpha value is -0.940. The number of para-hydroxylation sites is 1. The van der Waals surface area contributed by atoms with Crippen molar-refractivity contribution in [3.63, 3.8) is 0 Å². The summed E-state index contributed by atoms with van der Waals surface area (Å²) in [5, 5.41) is 2.88. The quantitative estimate of drug-likeness (QED) is 0.785. The molecule has 0 aliphatic rings. The minimum absolute atomic E-state index is 0.213. The summed E-state index contributed by atoms with van der Waals surface area (Å²) in [4.78, 5) is 0. The Morgan fingerprint density at radius 2 is 1.78 bits per heavy atom. The summed E-state index contributed by atoms with van der Waals surface area (Å²) in [6.07, 6.45) is 0. The molecule has 1 nitrogen and oxygen atoms in total. The fourth-order valence-electron chi connectivity index (χ4n) is 1.53. The van der Waals surface area contributed by atoms with Crippen molar-refractivity contribution in [1.29, 1.82) is 0 Å². The average Bonchev–Trinajstić information content (AvgIpc) is 2.33. The first-order valence-electron chi connectivity index (χ1n) is 5.20. The van der Waals surface area contributed by atoms with Crippen LogP contribution in [0.15, 0.2) is 45.3 Å². The maximum absolute atomic E-state index is 13.5. The molecule has 0 aromatic heterocycles. The number of anilines is 1. The van der Waals surface area contributed by atoms with Gasteiger partial charge < -0.3 is 5.32 Å². The highest BCUT2D eigenvalue weighted by atomic mass is 79.9. The molecule has 0 radical (unpaired) electrons. The predicted octanol–water partition coefficient (Wildman–Crippen LogP) is 5.10. The van der Waals surface area contributed by atoms with Crippen LogP contribution in [0.3, 0.4) is 0 Å². The number of hydrogen-bond donors (Lipinski definition) is 1. The van der Waals surface area contributed by atoms with E-state index in [9.17, 15) is 8.78 Å². The molecule has 2 rings (SSSR count). The second-order valence-corrected chi connectivity index (χ2v) is 5.46. The van der Waals surface area contributed by atoms with E-state index in [0.29, 0.717) is 15.7 Å². The second-order valence-electron chi connectivity index (χ2n) is 3.69. The van der Waals surface area contributed by atoms with Crippen LogP contribution in [0.25, 0.3) is 0 Å². The normalized spacial score (nSPS) is 10.4. The van der Waals surface area contributed by atoms with Crippen LogP contribution < -0.4 is 5.32 Å². The van der Waals surface area contributed by atoms with E-state index < -0.39 is 0 Å². The van der Waals surface area contributed by atoms with E-state index in [-0.39, 0.29) is 18.2 Å². The molecule has 0 fully saturated rings. The lowest BCUT2D eigenvalue weighted by Crippen LogP contribution is -2.04. The molecule has 1 N–H and O–H groups in total. The zero-order chi connectivity index (χ0) is 13.1. The topological polar surface area (TPSA) is 12.0 Å². The molecule has 0 bridgehead atoms. The van der Waals surface area contributed by atoms with Crippen molar-refractivity contribution in [3.8, 4) is 0 Å². The van der Waals surface area contributed by atoms with E-state index in [0.717, 1.165) is 4.47 Å². The monoisotopic (exact) mass is 375 g/mol. The van der Waals surface area contributed by atoms with Gasteiger partial charge in [-0.25, -0.2) is 8.78 Å². The Balaban J connectivity index is 2.19. The minimum atomic E-state index is -0.375. The van der Waals surface area contributed by atoms with Gasteiger partial charge in [0.1, 0.15) is 11.6 Å². The highest BCUT2D eigenvalue weighted by Gasteiger charge is 2.08. The van der Waals surface area contributed by atoms with Crippen LogP contribution in [0.5, 0.6) is 0 Å². The van der Waals surface area contributed by atoms with Crippen LogP contribution in [0.4, 0.5) is 14.5 Å². The van der Waals surface area contributed by atoms with E-state index in [1.54, 1.807) is 24.3 Å². The smallest absolute Gasteiger partial charge is 0.147 e. The van der Waals surface area contributed by atoms with Gasteiger partial charge >= 0.3 is 0 Å². The molecule has 0 spiro atoms. The van der Waals surface area contributed by atoms with Gasteiger partial charge in [-0.1, -0.05) is 22.0 Å². The van der Waals surface area contributed by atoms with Crippen molar-refractivity contribution >= 4 is 37.5 Å². The number of rotatable bonds is 3. The van der Waals surface area contributed by atoms with Gasteiger partial charge in [0.05, 0.1) is 5.69 Å². The van der Waals surface area contributed by atoms with Crippen LogP contribution in [-0.4, -0.2) is 0 Å². The Morgan fingerprint density at radius 1 is 1.00 bits per heavy atom. The first-order chi connectivity index (χ1) is 8.58. The average molecular weight is 377 g/mol. The summed E-state index contributed by atoms with van der Waals surface area (Å²) in [7, 11) is 0. The molecule has 94 valence electrons. The van der Waals surface area contributed by atoms with E-state index >= 15 is 0 Å². The van der Waals surface area contributed by atoms with Crippen molar-refractivity contribution in [1.82, 2.24) is 0 Å². The molecule has 5 heteroatoms. The zero-order valence-electron chi connectivity index (χ0n) is 9.18. The standard InChI is InChI=1S/C13H9Br2F2N/c14-9-4-5-11(16)8(6-9)7-18-13-10(15)2-1-3-12(13)17/h1-6,18H,7H2. The number of hydrogen-bond acceptors (Lipinski definition) is 1. The third-order valence-electron chi connectivity index (χ3n) is 2.43. The molecule has 0 heterocycles. The van der Waals surface area contributed by atoms with E-state index in [1.165, 1.54) is 12.1 Å². The van der Waals surface area contributed by atoms with Gasteiger partial charge in [0, 0.05) is 21.1 Å². The fourth-order valence-corrected chi connectivity index (χ4v) is 2.42. The molecular formula is C13H9Br2F2N. The third kappa shape index (κ3) is 3.09. The van der Waals surface area contributed by atoms with Gasteiger partial charge in [-0.2, -0.15) is 0 Å². The first kappa shape index (κ1) is 13.5. The van der Waals surface area contributed by atoms with Crippen LogP contribution in [0, 0.1) is 11.6 Å². The Kier molecular flexibility index (Phi) is 4.35. The molecule has 2 aromatic carbocycles. The zero-order valence-corrected chi connectivity index (χ0v) is 12.4. The highest BCUT2D eigenvalue weighted by Crippen LogP contribution is 2.26. The molecule has 0 saturated heterocycles. The summed E-state index contributed by atoms with van der Waals surface area (Å²) in [6.45, 7) is 0.213. The third-order valence-corrected chi connectivity index (χ3v) is 3.58. The number of nitrogens with one attached hydrogen (secondary N) is 1. The van der Waals surface area contributed by atoms with Crippen LogP contribution in [-0.2, 0) is 6.54 Å².